The highest BCUT2D eigenvalue weighted by Crippen LogP contribution is 2.10. The molecule has 1 aromatic heterocycles. The Balaban J connectivity index is 1.98. The summed E-state index contributed by atoms with van der Waals surface area (Å²) < 4.78 is 1.46. The van der Waals surface area contributed by atoms with Crippen LogP contribution in [0, 0.1) is 0 Å². The summed E-state index contributed by atoms with van der Waals surface area (Å²) in [6.45, 7) is 3.73. The van der Waals surface area contributed by atoms with Crippen molar-refractivity contribution in [2.75, 3.05) is 31.1 Å². The molecule has 98 valence electrons. The fraction of sp³-hybridized carbons (Fsp3) is 0.286. The zero-order valence-corrected chi connectivity index (χ0v) is 10.6. The first-order valence-corrected chi connectivity index (χ1v) is 6.46. The first kappa shape index (κ1) is 11.9. The van der Waals surface area contributed by atoms with Gasteiger partial charge in [0, 0.05) is 32.2 Å². The summed E-state index contributed by atoms with van der Waals surface area (Å²) in [4.78, 5) is 14.1. The molecule has 2 aromatic rings. The molecule has 0 amide bonds. The quantitative estimate of drug-likeness (QED) is 0.857. The average molecular weight is 256 g/mol. The highest BCUT2D eigenvalue weighted by atomic mass is 16.1. The lowest BCUT2D eigenvalue weighted by atomic mass is 10.3. The van der Waals surface area contributed by atoms with Gasteiger partial charge in [-0.3, -0.25) is 4.79 Å². The van der Waals surface area contributed by atoms with Gasteiger partial charge < -0.3 is 10.2 Å². The van der Waals surface area contributed by atoms with Gasteiger partial charge in [0.1, 0.15) is 5.82 Å². The second-order valence-corrected chi connectivity index (χ2v) is 4.51. The zero-order valence-electron chi connectivity index (χ0n) is 10.6. The van der Waals surface area contributed by atoms with Crippen LogP contribution in [0.1, 0.15) is 0 Å². The molecule has 0 saturated carbocycles. The minimum atomic E-state index is -0.106. The topological polar surface area (TPSA) is 50.2 Å². The van der Waals surface area contributed by atoms with E-state index in [-0.39, 0.29) is 5.56 Å². The Bertz CT molecular complexity index is 602. The van der Waals surface area contributed by atoms with Crippen molar-refractivity contribution in [2.24, 2.45) is 0 Å². The molecule has 2 heterocycles. The molecule has 0 radical (unpaired) electrons. The minimum Gasteiger partial charge on any atom is -0.353 e. The van der Waals surface area contributed by atoms with Crippen molar-refractivity contribution in [1.82, 2.24) is 15.1 Å². The van der Waals surface area contributed by atoms with Crippen LogP contribution >= 0.6 is 0 Å². The van der Waals surface area contributed by atoms with Gasteiger partial charge in [0.2, 0.25) is 0 Å². The number of nitrogens with zero attached hydrogens (tertiary/aromatic N) is 3. The number of para-hydroxylation sites is 1. The maximum absolute atomic E-state index is 11.9. The van der Waals surface area contributed by atoms with Gasteiger partial charge in [0.05, 0.1) is 5.69 Å². The van der Waals surface area contributed by atoms with Gasteiger partial charge in [-0.25, -0.2) is 0 Å². The average Bonchev–Trinajstić information content (AvgIpc) is 2.49. The molecule has 0 unspecified atom stereocenters. The number of piperazine rings is 1. The molecular weight excluding hydrogens is 240 g/mol. The molecule has 1 aromatic carbocycles. The van der Waals surface area contributed by atoms with Crippen LogP contribution < -0.4 is 15.8 Å². The van der Waals surface area contributed by atoms with E-state index in [1.165, 1.54) is 4.68 Å². The van der Waals surface area contributed by atoms with Gasteiger partial charge >= 0.3 is 0 Å². The summed E-state index contributed by atoms with van der Waals surface area (Å²) in [6, 6.07) is 12.9. The molecule has 0 bridgehead atoms. The van der Waals surface area contributed by atoms with Gasteiger partial charge in [0.15, 0.2) is 0 Å². The smallest absolute Gasteiger partial charge is 0.271 e. The van der Waals surface area contributed by atoms with Crippen LogP contribution in [0.4, 0.5) is 5.82 Å². The van der Waals surface area contributed by atoms with E-state index in [0.29, 0.717) is 0 Å². The normalized spacial score (nSPS) is 15.5. The van der Waals surface area contributed by atoms with Crippen LogP contribution in [0.15, 0.2) is 47.3 Å². The highest BCUT2D eigenvalue weighted by molar-refractivity contribution is 5.39. The van der Waals surface area contributed by atoms with E-state index in [2.05, 4.69) is 15.3 Å². The third kappa shape index (κ3) is 2.51. The van der Waals surface area contributed by atoms with Crippen LogP contribution in [-0.2, 0) is 0 Å². The molecule has 0 spiro atoms. The first-order valence-electron chi connectivity index (χ1n) is 6.46. The predicted molar refractivity (Wildman–Crippen MR) is 74.9 cm³/mol. The second-order valence-electron chi connectivity index (χ2n) is 4.51. The Morgan fingerprint density at radius 3 is 2.47 bits per heavy atom. The number of anilines is 1. The van der Waals surface area contributed by atoms with Crippen molar-refractivity contribution >= 4 is 5.82 Å². The lowest BCUT2D eigenvalue weighted by Gasteiger charge is -2.28. The van der Waals surface area contributed by atoms with Crippen molar-refractivity contribution in [3.63, 3.8) is 0 Å². The van der Waals surface area contributed by atoms with Crippen LogP contribution in [0.2, 0.25) is 0 Å². The summed E-state index contributed by atoms with van der Waals surface area (Å²) in [6.07, 6.45) is 0. The Morgan fingerprint density at radius 1 is 1.00 bits per heavy atom. The van der Waals surface area contributed by atoms with Gasteiger partial charge in [0.25, 0.3) is 5.56 Å². The molecule has 19 heavy (non-hydrogen) atoms. The molecule has 3 rings (SSSR count). The van der Waals surface area contributed by atoms with Crippen LogP contribution in [0.25, 0.3) is 5.69 Å². The van der Waals surface area contributed by atoms with E-state index in [1.807, 2.05) is 30.3 Å². The monoisotopic (exact) mass is 256 g/mol. The molecule has 1 saturated heterocycles. The number of aromatic nitrogens is 2. The van der Waals surface area contributed by atoms with Crippen LogP contribution in [0.5, 0.6) is 0 Å². The largest absolute Gasteiger partial charge is 0.353 e. The molecule has 0 atom stereocenters. The van der Waals surface area contributed by atoms with E-state index >= 15 is 0 Å². The maximum Gasteiger partial charge on any atom is 0.271 e. The minimum absolute atomic E-state index is 0.106. The number of benzene rings is 1. The van der Waals surface area contributed by atoms with Crippen LogP contribution in [0.3, 0.4) is 0 Å². The summed E-state index contributed by atoms with van der Waals surface area (Å²) in [5, 5.41) is 7.77. The third-order valence-electron chi connectivity index (χ3n) is 3.23. The van der Waals surface area contributed by atoms with Crippen molar-refractivity contribution in [3.8, 4) is 5.69 Å². The van der Waals surface area contributed by atoms with E-state index < -0.39 is 0 Å². The fourth-order valence-corrected chi connectivity index (χ4v) is 2.22. The Morgan fingerprint density at radius 2 is 1.74 bits per heavy atom. The summed E-state index contributed by atoms with van der Waals surface area (Å²) >= 11 is 0. The van der Waals surface area contributed by atoms with Gasteiger partial charge in [-0.2, -0.15) is 4.68 Å². The maximum atomic E-state index is 11.9. The molecule has 5 heteroatoms. The van der Waals surface area contributed by atoms with E-state index in [4.69, 9.17) is 0 Å². The van der Waals surface area contributed by atoms with Crippen molar-refractivity contribution in [3.05, 3.63) is 52.8 Å². The zero-order chi connectivity index (χ0) is 13.1. The number of nitrogens with one attached hydrogen (secondary N) is 1. The van der Waals surface area contributed by atoms with Gasteiger partial charge in [-0.15, -0.1) is 5.10 Å². The molecule has 1 N–H and O–H groups in total. The Hall–Kier alpha value is -2.14. The fourth-order valence-electron chi connectivity index (χ4n) is 2.22. The van der Waals surface area contributed by atoms with Crippen molar-refractivity contribution in [2.45, 2.75) is 0 Å². The first-order chi connectivity index (χ1) is 9.34. The third-order valence-corrected chi connectivity index (χ3v) is 3.23. The van der Waals surface area contributed by atoms with Gasteiger partial charge in [-0.1, -0.05) is 18.2 Å². The lowest BCUT2D eigenvalue weighted by molar-refractivity contribution is 0.579. The molecule has 1 fully saturated rings. The highest BCUT2D eigenvalue weighted by Gasteiger charge is 2.13. The Kier molecular flexibility index (Phi) is 3.29. The molecular formula is C14H16N4O. The molecule has 0 aliphatic carbocycles. The van der Waals surface area contributed by atoms with Crippen molar-refractivity contribution < 1.29 is 0 Å². The SMILES string of the molecule is O=c1ccc(N2CCNCC2)nn1-c1ccccc1. The summed E-state index contributed by atoms with van der Waals surface area (Å²) in [5.41, 5.74) is 0.689. The van der Waals surface area contributed by atoms with E-state index in [0.717, 1.165) is 37.7 Å². The standard InChI is InChI=1S/C14H16N4O/c19-14-7-6-13(17-10-8-15-9-11-17)16-18(14)12-4-2-1-3-5-12/h1-7,15H,8-11H2. The second kappa shape index (κ2) is 5.24. The van der Waals surface area contributed by atoms with Crippen molar-refractivity contribution in [1.29, 1.82) is 0 Å². The van der Waals surface area contributed by atoms with Gasteiger partial charge in [-0.05, 0) is 18.2 Å². The number of hydrogen-bond acceptors (Lipinski definition) is 4. The van der Waals surface area contributed by atoms with E-state index in [1.54, 1.807) is 12.1 Å². The molecule has 5 nitrogen and oxygen atoms in total. The summed E-state index contributed by atoms with van der Waals surface area (Å²) in [7, 11) is 0. The van der Waals surface area contributed by atoms with Crippen LogP contribution in [-0.4, -0.2) is 36.0 Å². The predicted octanol–water partition coefficient (Wildman–Crippen LogP) is 0.642. The van der Waals surface area contributed by atoms with E-state index in [9.17, 15) is 4.79 Å². The lowest BCUT2D eigenvalue weighted by Crippen LogP contribution is -2.44. The summed E-state index contributed by atoms with van der Waals surface area (Å²) in [5.74, 6) is 0.852. The number of rotatable bonds is 2. The Labute approximate surface area is 111 Å². The molecule has 1 aliphatic rings. The number of hydrogen-bond donors (Lipinski definition) is 1. The molecule has 1 aliphatic heterocycles.